The molecule has 0 radical (unpaired) electrons. The molecule has 0 saturated carbocycles. The Morgan fingerprint density at radius 1 is 1.20 bits per heavy atom. The molecule has 0 aliphatic heterocycles. The number of benzene rings is 1. The molecule has 1 aromatic heterocycles. The van der Waals surface area contributed by atoms with E-state index in [4.69, 9.17) is 0 Å². The second kappa shape index (κ2) is 6.28. The van der Waals surface area contributed by atoms with E-state index in [0.717, 1.165) is 29.7 Å². The van der Waals surface area contributed by atoms with Crippen LogP contribution in [0.25, 0.3) is 0 Å². The minimum atomic E-state index is -0.154. The van der Waals surface area contributed by atoms with Crippen LogP contribution in [-0.4, -0.2) is 15.9 Å². The molecule has 4 heteroatoms. The van der Waals surface area contributed by atoms with Gasteiger partial charge in [-0.2, -0.15) is 0 Å². The van der Waals surface area contributed by atoms with Gasteiger partial charge in [0.25, 0.3) is 5.91 Å². The number of aromatic nitrogens is 2. The summed E-state index contributed by atoms with van der Waals surface area (Å²) in [5.74, 6) is -0.154. The number of para-hydroxylation sites is 1. The second-order valence-corrected chi connectivity index (χ2v) is 4.63. The van der Waals surface area contributed by atoms with Crippen LogP contribution >= 0.6 is 0 Å². The maximum Gasteiger partial charge on any atom is 0.259 e. The molecule has 2 aromatic rings. The average Bonchev–Trinajstić information content (AvgIpc) is 2.47. The van der Waals surface area contributed by atoms with Crippen LogP contribution in [0.3, 0.4) is 0 Å². The van der Waals surface area contributed by atoms with Crippen molar-refractivity contribution < 1.29 is 4.79 Å². The lowest BCUT2D eigenvalue weighted by Crippen LogP contribution is -2.16. The average molecular weight is 269 g/mol. The van der Waals surface area contributed by atoms with Crippen LogP contribution in [0.15, 0.2) is 30.7 Å². The standard InChI is InChI=1S/C16H19N3O/c1-4-12-7-6-8-13(5-2)15(12)19-16(20)14-9-17-10-18-11(14)3/h6-10H,4-5H2,1-3H3,(H,19,20). The van der Waals surface area contributed by atoms with Crippen molar-refractivity contribution in [2.75, 3.05) is 5.32 Å². The number of aryl methyl sites for hydroxylation is 3. The Labute approximate surface area is 119 Å². The summed E-state index contributed by atoms with van der Waals surface area (Å²) in [6, 6.07) is 6.12. The minimum absolute atomic E-state index is 0.154. The molecule has 0 bridgehead atoms. The first kappa shape index (κ1) is 14.2. The fourth-order valence-electron chi connectivity index (χ4n) is 2.20. The fourth-order valence-corrected chi connectivity index (χ4v) is 2.20. The molecule has 0 aliphatic rings. The molecule has 1 amide bonds. The van der Waals surface area contributed by atoms with Crippen molar-refractivity contribution in [3.05, 3.63) is 53.1 Å². The van der Waals surface area contributed by atoms with Gasteiger partial charge in [-0.3, -0.25) is 4.79 Å². The topological polar surface area (TPSA) is 54.9 Å². The van der Waals surface area contributed by atoms with Gasteiger partial charge in [0.2, 0.25) is 0 Å². The molecule has 0 saturated heterocycles. The normalized spacial score (nSPS) is 10.3. The minimum Gasteiger partial charge on any atom is -0.321 e. The summed E-state index contributed by atoms with van der Waals surface area (Å²) in [7, 11) is 0. The molecular formula is C16H19N3O. The quantitative estimate of drug-likeness (QED) is 0.927. The zero-order valence-corrected chi connectivity index (χ0v) is 12.1. The number of carbonyl (C=O) groups excluding carboxylic acids is 1. The molecule has 2 rings (SSSR count). The Hall–Kier alpha value is -2.23. The van der Waals surface area contributed by atoms with Gasteiger partial charge in [-0.05, 0) is 30.9 Å². The maximum absolute atomic E-state index is 12.4. The summed E-state index contributed by atoms with van der Waals surface area (Å²) in [5.41, 5.74) is 4.41. The lowest BCUT2D eigenvalue weighted by atomic mass is 10.0. The first-order valence-corrected chi connectivity index (χ1v) is 6.86. The Kier molecular flexibility index (Phi) is 4.45. The number of carbonyl (C=O) groups is 1. The van der Waals surface area contributed by atoms with Crippen molar-refractivity contribution in [2.45, 2.75) is 33.6 Å². The third-order valence-corrected chi connectivity index (χ3v) is 3.39. The Bertz CT molecular complexity index is 601. The molecule has 1 heterocycles. The van der Waals surface area contributed by atoms with Crippen LogP contribution in [0.4, 0.5) is 5.69 Å². The monoisotopic (exact) mass is 269 g/mol. The van der Waals surface area contributed by atoms with Gasteiger partial charge in [0, 0.05) is 11.9 Å². The SMILES string of the molecule is CCc1cccc(CC)c1NC(=O)c1cncnc1C. The highest BCUT2D eigenvalue weighted by Gasteiger charge is 2.14. The highest BCUT2D eigenvalue weighted by atomic mass is 16.1. The van der Waals surface area contributed by atoms with Gasteiger partial charge in [-0.15, -0.1) is 0 Å². The highest BCUT2D eigenvalue weighted by molar-refractivity contribution is 6.05. The second-order valence-electron chi connectivity index (χ2n) is 4.63. The Balaban J connectivity index is 2.35. The summed E-state index contributed by atoms with van der Waals surface area (Å²) in [6.45, 7) is 5.98. The molecule has 104 valence electrons. The number of hydrogen-bond acceptors (Lipinski definition) is 3. The van der Waals surface area contributed by atoms with Crippen LogP contribution in [-0.2, 0) is 12.8 Å². The third-order valence-electron chi connectivity index (χ3n) is 3.39. The summed E-state index contributed by atoms with van der Waals surface area (Å²) < 4.78 is 0. The van der Waals surface area contributed by atoms with Crippen molar-refractivity contribution in [3.63, 3.8) is 0 Å². The van der Waals surface area contributed by atoms with Crippen LogP contribution in [0.1, 0.15) is 41.0 Å². The van der Waals surface area contributed by atoms with Crippen molar-refractivity contribution >= 4 is 11.6 Å². The van der Waals surface area contributed by atoms with Gasteiger partial charge < -0.3 is 5.32 Å². The number of nitrogens with one attached hydrogen (secondary N) is 1. The van der Waals surface area contributed by atoms with Gasteiger partial charge in [0.15, 0.2) is 0 Å². The highest BCUT2D eigenvalue weighted by Crippen LogP contribution is 2.23. The molecule has 1 N–H and O–H groups in total. The van der Waals surface area contributed by atoms with E-state index in [1.165, 1.54) is 6.33 Å². The summed E-state index contributed by atoms with van der Waals surface area (Å²) in [5, 5.41) is 3.02. The van der Waals surface area contributed by atoms with Gasteiger partial charge in [-0.1, -0.05) is 32.0 Å². The molecule has 0 aliphatic carbocycles. The smallest absolute Gasteiger partial charge is 0.259 e. The Morgan fingerprint density at radius 2 is 1.85 bits per heavy atom. The molecular weight excluding hydrogens is 250 g/mol. The van der Waals surface area contributed by atoms with Crippen LogP contribution < -0.4 is 5.32 Å². The van der Waals surface area contributed by atoms with Crippen molar-refractivity contribution in [1.29, 1.82) is 0 Å². The lowest BCUT2D eigenvalue weighted by Gasteiger charge is -2.14. The van der Waals surface area contributed by atoms with E-state index in [-0.39, 0.29) is 5.91 Å². The molecule has 0 spiro atoms. The van der Waals surface area contributed by atoms with E-state index in [1.54, 1.807) is 6.20 Å². The maximum atomic E-state index is 12.4. The summed E-state index contributed by atoms with van der Waals surface area (Å²) in [6.07, 6.45) is 4.77. The predicted molar refractivity (Wildman–Crippen MR) is 79.9 cm³/mol. The van der Waals surface area contributed by atoms with Crippen molar-refractivity contribution in [1.82, 2.24) is 9.97 Å². The summed E-state index contributed by atoms with van der Waals surface area (Å²) >= 11 is 0. The van der Waals surface area contributed by atoms with Crippen molar-refractivity contribution in [2.24, 2.45) is 0 Å². The number of amides is 1. The number of rotatable bonds is 4. The van der Waals surface area contributed by atoms with E-state index in [1.807, 2.05) is 25.1 Å². The number of anilines is 1. The van der Waals surface area contributed by atoms with Crippen LogP contribution in [0, 0.1) is 6.92 Å². The molecule has 1 aromatic carbocycles. The third kappa shape index (κ3) is 2.85. The largest absolute Gasteiger partial charge is 0.321 e. The van der Waals surface area contributed by atoms with Crippen molar-refractivity contribution in [3.8, 4) is 0 Å². The van der Waals surface area contributed by atoms with Gasteiger partial charge in [0.1, 0.15) is 6.33 Å². The van der Waals surface area contributed by atoms with Crippen LogP contribution in [0.2, 0.25) is 0 Å². The van der Waals surface area contributed by atoms with Gasteiger partial charge >= 0.3 is 0 Å². The van der Waals surface area contributed by atoms with E-state index in [9.17, 15) is 4.79 Å². The van der Waals surface area contributed by atoms with Gasteiger partial charge in [-0.25, -0.2) is 9.97 Å². The van der Waals surface area contributed by atoms with Gasteiger partial charge in [0.05, 0.1) is 11.3 Å². The number of nitrogens with zero attached hydrogens (tertiary/aromatic N) is 2. The molecule has 0 atom stereocenters. The Morgan fingerprint density at radius 3 is 2.40 bits per heavy atom. The zero-order valence-electron chi connectivity index (χ0n) is 12.1. The number of hydrogen-bond donors (Lipinski definition) is 1. The zero-order chi connectivity index (χ0) is 14.5. The molecule has 0 unspecified atom stereocenters. The molecule has 4 nitrogen and oxygen atoms in total. The predicted octanol–water partition coefficient (Wildman–Crippen LogP) is 3.16. The lowest BCUT2D eigenvalue weighted by molar-refractivity contribution is 0.102. The summed E-state index contributed by atoms with van der Waals surface area (Å²) in [4.78, 5) is 20.4. The van der Waals surface area contributed by atoms with E-state index >= 15 is 0 Å². The van der Waals surface area contributed by atoms with E-state index < -0.39 is 0 Å². The van der Waals surface area contributed by atoms with Crippen LogP contribution in [0.5, 0.6) is 0 Å². The molecule has 0 fully saturated rings. The first-order valence-electron chi connectivity index (χ1n) is 6.86. The first-order chi connectivity index (χ1) is 9.67. The van der Waals surface area contributed by atoms with E-state index in [2.05, 4.69) is 29.1 Å². The molecule has 20 heavy (non-hydrogen) atoms. The van der Waals surface area contributed by atoms with E-state index in [0.29, 0.717) is 11.3 Å². The fraction of sp³-hybridized carbons (Fsp3) is 0.312.